The fraction of sp³-hybridized carbons (Fsp3) is 1.00. The van der Waals surface area contributed by atoms with Gasteiger partial charge in [0.2, 0.25) is 0 Å². The summed E-state index contributed by atoms with van der Waals surface area (Å²) in [4.78, 5) is 0. The molecule has 50 valence electrons. The van der Waals surface area contributed by atoms with Crippen molar-refractivity contribution in [2.24, 2.45) is 0 Å². The second-order valence-corrected chi connectivity index (χ2v) is 3.03. The van der Waals surface area contributed by atoms with Gasteiger partial charge in [-0.2, -0.15) is 0 Å². The molecule has 2 nitrogen and oxygen atoms in total. The molecular weight excluding hydrogens is 100 g/mol. The number of rotatable bonds is 2. The lowest BCUT2D eigenvalue weighted by Gasteiger charge is -2.18. The summed E-state index contributed by atoms with van der Waals surface area (Å²) in [6.07, 6.45) is 0. The second-order valence-electron chi connectivity index (χ2n) is 3.03. The molecule has 0 aromatic carbocycles. The molecule has 0 fully saturated rings. The predicted molar refractivity (Wildman–Crippen MR) is 35.5 cm³/mol. The van der Waals surface area contributed by atoms with Crippen molar-refractivity contribution in [3.63, 3.8) is 0 Å². The zero-order chi connectivity index (χ0) is 6.62. The Labute approximate surface area is 51.5 Å². The zero-order valence-corrected chi connectivity index (χ0v) is 6.12. The largest absolute Gasteiger partial charge is 0.357 e. The maximum absolute atomic E-state index is 3.73. The van der Waals surface area contributed by atoms with Crippen LogP contribution in [-0.4, -0.2) is 18.6 Å². The highest BCUT2D eigenvalue weighted by molar-refractivity contribution is 4.68. The van der Waals surface area contributed by atoms with Crippen LogP contribution in [-0.2, 0) is 0 Å². The summed E-state index contributed by atoms with van der Waals surface area (Å²) in [6.45, 7) is 8.45. The molecule has 0 atom stereocenters. The van der Waals surface area contributed by atoms with Crippen LogP contribution in [0.5, 0.6) is 0 Å². The van der Waals surface area contributed by atoms with Crippen molar-refractivity contribution in [1.82, 2.24) is 5.32 Å². The molecular formula is C6H17N2+. The summed E-state index contributed by atoms with van der Waals surface area (Å²) < 4.78 is 0. The molecule has 0 aromatic rings. The van der Waals surface area contributed by atoms with E-state index in [2.05, 4.69) is 31.8 Å². The topological polar surface area (TPSA) is 39.7 Å². The van der Waals surface area contributed by atoms with Crippen molar-refractivity contribution >= 4 is 0 Å². The Morgan fingerprint density at radius 2 is 1.88 bits per heavy atom. The highest BCUT2D eigenvalue weighted by Crippen LogP contribution is 1.95. The monoisotopic (exact) mass is 117 g/mol. The van der Waals surface area contributed by atoms with Crippen LogP contribution in [0.1, 0.15) is 20.8 Å². The van der Waals surface area contributed by atoms with E-state index in [0.717, 1.165) is 13.1 Å². The van der Waals surface area contributed by atoms with Crippen molar-refractivity contribution in [1.29, 1.82) is 0 Å². The summed E-state index contributed by atoms with van der Waals surface area (Å²) in [7, 11) is 0. The van der Waals surface area contributed by atoms with Crippen molar-refractivity contribution < 1.29 is 5.73 Å². The lowest BCUT2D eigenvalue weighted by atomic mass is 10.1. The van der Waals surface area contributed by atoms with Crippen LogP contribution in [0.4, 0.5) is 0 Å². The van der Waals surface area contributed by atoms with Crippen LogP contribution < -0.4 is 11.1 Å². The molecule has 0 aliphatic rings. The number of hydrogen-bond acceptors (Lipinski definition) is 1. The number of quaternary nitrogens is 1. The van der Waals surface area contributed by atoms with E-state index in [0.29, 0.717) is 0 Å². The first kappa shape index (κ1) is 7.92. The quantitative estimate of drug-likeness (QED) is 0.508. The number of hydrogen-bond donors (Lipinski definition) is 2. The van der Waals surface area contributed by atoms with Gasteiger partial charge in [-0.15, -0.1) is 0 Å². The van der Waals surface area contributed by atoms with Crippen LogP contribution in [0.25, 0.3) is 0 Å². The maximum Gasteiger partial charge on any atom is 0.0866 e. The molecule has 0 amide bonds. The molecule has 0 saturated heterocycles. The van der Waals surface area contributed by atoms with Gasteiger partial charge in [-0.05, 0) is 20.8 Å². The van der Waals surface area contributed by atoms with Crippen LogP contribution in [0.3, 0.4) is 0 Å². The van der Waals surface area contributed by atoms with E-state index < -0.39 is 0 Å². The van der Waals surface area contributed by atoms with E-state index in [-0.39, 0.29) is 5.54 Å². The van der Waals surface area contributed by atoms with Crippen molar-refractivity contribution in [2.45, 2.75) is 26.3 Å². The Morgan fingerprint density at radius 3 is 2.00 bits per heavy atom. The minimum Gasteiger partial charge on any atom is -0.357 e. The van der Waals surface area contributed by atoms with Gasteiger partial charge in [-0.3, -0.25) is 0 Å². The smallest absolute Gasteiger partial charge is 0.0866 e. The summed E-state index contributed by atoms with van der Waals surface area (Å²) >= 11 is 0. The molecule has 0 rings (SSSR count). The molecule has 0 radical (unpaired) electrons. The summed E-state index contributed by atoms with van der Waals surface area (Å²) in [5.74, 6) is 0. The molecule has 0 heterocycles. The molecule has 8 heavy (non-hydrogen) atoms. The lowest BCUT2D eigenvalue weighted by Crippen LogP contribution is -2.56. The molecule has 4 N–H and O–H groups in total. The predicted octanol–water partition coefficient (Wildman–Crippen LogP) is -0.384. The Morgan fingerprint density at radius 1 is 1.38 bits per heavy atom. The average molecular weight is 117 g/mol. The first-order chi connectivity index (χ1) is 3.56. The Kier molecular flexibility index (Phi) is 3.02. The standard InChI is InChI=1S/C6H16N2/c1-6(2,3)8-5-4-7/h8H,4-5,7H2,1-3H3/p+1. The van der Waals surface area contributed by atoms with E-state index in [9.17, 15) is 0 Å². The maximum atomic E-state index is 3.73. The van der Waals surface area contributed by atoms with Crippen molar-refractivity contribution in [2.75, 3.05) is 13.1 Å². The molecule has 2 heteroatoms. The first-order valence-electron chi connectivity index (χ1n) is 3.10. The lowest BCUT2D eigenvalue weighted by molar-refractivity contribution is -0.365. The third-order valence-electron chi connectivity index (χ3n) is 0.832. The van der Waals surface area contributed by atoms with Gasteiger partial charge in [0.15, 0.2) is 0 Å². The van der Waals surface area contributed by atoms with Crippen molar-refractivity contribution in [3.8, 4) is 0 Å². The molecule has 0 unspecified atom stereocenters. The molecule has 0 aromatic heterocycles. The van der Waals surface area contributed by atoms with E-state index in [1.807, 2.05) is 0 Å². The van der Waals surface area contributed by atoms with Gasteiger partial charge in [-0.1, -0.05) is 0 Å². The summed E-state index contributed by atoms with van der Waals surface area (Å²) in [6, 6.07) is 0. The normalized spacial score (nSPS) is 12.0. The van der Waals surface area contributed by atoms with Crippen molar-refractivity contribution in [3.05, 3.63) is 0 Å². The van der Waals surface area contributed by atoms with Gasteiger partial charge < -0.3 is 11.1 Å². The number of nitrogens with one attached hydrogen (secondary N) is 1. The van der Waals surface area contributed by atoms with Crippen LogP contribution in [0.2, 0.25) is 0 Å². The zero-order valence-electron chi connectivity index (χ0n) is 6.12. The molecule has 0 aliphatic carbocycles. The third-order valence-corrected chi connectivity index (χ3v) is 0.832. The second kappa shape index (κ2) is 3.05. The van der Waals surface area contributed by atoms with Gasteiger partial charge >= 0.3 is 0 Å². The molecule has 0 bridgehead atoms. The average Bonchev–Trinajstić information content (AvgIpc) is 1.59. The van der Waals surface area contributed by atoms with E-state index in [4.69, 9.17) is 0 Å². The molecule has 0 spiro atoms. The highest BCUT2D eigenvalue weighted by Gasteiger charge is 2.06. The highest BCUT2D eigenvalue weighted by atomic mass is 14.9. The Hall–Kier alpha value is -0.0800. The third kappa shape index (κ3) is 5.92. The SMILES string of the molecule is CC(C)(C)NCC[NH3+]. The minimum absolute atomic E-state index is 0.262. The van der Waals surface area contributed by atoms with Crippen LogP contribution in [0, 0.1) is 0 Å². The van der Waals surface area contributed by atoms with Gasteiger partial charge in [0, 0.05) is 12.1 Å². The van der Waals surface area contributed by atoms with E-state index >= 15 is 0 Å². The summed E-state index contributed by atoms with van der Waals surface area (Å²) in [5.41, 5.74) is 3.99. The summed E-state index contributed by atoms with van der Waals surface area (Å²) in [5, 5.41) is 3.31. The fourth-order valence-corrected chi connectivity index (χ4v) is 0.463. The van der Waals surface area contributed by atoms with Crippen LogP contribution in [0.15, 0.2) is 0 Å². The molecule has 0 aliphatic heterocycles. The van der Waals surface area contributed by atoms with E-state index in [1.54, 1.807) is 0 Å². The minimum atomic E-state index is 0.262. The van der Waals surface area contributed by atoms with Gasteiger partial charge in [0.25, 0.3) is 0 Å². The van der Waals surface area contributed by atoms with Gasteiger partial charge in [0.1, 0.15) is 0 Å². The first-order valence-corrected chi connectivity index (χ1v) is 3.10. The Bertz CT molecular complexity index is 54.0. The molecule has 0 saturated carbocycles. The fourth-order valence-electron chi connectivity index (χ4n) is 0.463. The van der Waals surface area contributed by atoms with E-state index in [1.165, 1.54) is 0 Å². The van der Waals surface area contributed by atoms with Gasteiger partial charge in [-0.25, -0.2) is 0 Å². The van der Waals surface area contributed by atoms with Crippen LogP contribution >= 0.6 is 0 Å². The Balaban J connectivity index is 3.11. The van der Waals surface area contributed by atoms with Gasteiger partial charge in [0.05, 0.1) is 6.54 Å².